The second-order valence-corrected chi connectivity index (χ2v) is 5.72. The zero-order valence-corrected chi connectivity index (χ0v) is 11.2. The van der Waals surface area contributed by atoms with Crippen molar-refractivity contribution in [2.45, 2.75) is 27.7 Å². The number of rotatable bonds is 2. The minimum absolute atomic E-state index is 0.0111. The number of carbonyl (C=O) groups excluding carboxylic acids is 1. The van der Waals surface area contributed by atoms with E-state index in [1.807, 2.05) is 0 Å². The van der Waals surface area contributed by atoms with Gasteiger partial charge in [-0.25, -0.2) is 0 Å². The first-order valence-electron chi connectivity index (χ1n) is 5.76. The van der Waals surface area contributed by atoms with E-state index in [4.69, 9.17) is 0 Å². The molecule has 0 radical (unpaired) electrons. The minimum Gasteiger partial charge on any atom is -0.508 e. The summed E-state index contributed by atoms with van der Waals surface area (Å²) in [6, 6.07) is 4.94. The number of hydrogen-bond acceptors (Lipinski definition) is 2. The summed E-state index contributed by atoms with van der Waals surface area (Å²) >= 11 is 0. The fourth-order valence-electron chi connectivity index (χ4n) is 1.79. The van der Waals surface area contributed by atoms with Crippen molar-refractivity contribution in [3.05, 3.63) is 29.3 Å². The zero-order chi connectivity index (χ0) is 13.2. The molecule has 1 amide bonds. The molecule has 0 aliphatic heterocycles. The fourth-order valence-corrected chi connectivity index (χ4v) is 1.79. The van der Waals surface area contributed by atoms with E-state index in [0.717, 1.165) is 5.56 Å². The molecular weight excluding hydrogens is 214 g/mol. The molecule has 1 N–H and O–H groups in total. The number of nitrogens with zero attached hydrogens (tertiary/aromatic N) is 1. The first-order chi connectivity index (χ1) is 7.70. The molecule has 0 aromatic heterocycles. The molecule has 1 aromatic carbocycles. The van der Waals surface area contributed by atoms with Gasteiger partial charge in [-0.15, -0.1) is 0 Å². The van der Waals surface area contributed by atoms with Gasteiger partial charge in [-0.1, -0.05) is 20.8 Å². The number of amides is 1. The Kier molecular flexibility index (Phi) is 3.81. The summed E-state index contributed by atoms with van der Waals surface area (Å²) in [5, 5.41) is 9.43. The van der Waals surface area contributed by atoms with Crippen LogP contribution in [0.4, 0.5) is 0 Å². The molecule has 17 heavy (non-hydrogen) atoms. The van der Waals surface area contributed by atoms with Crippen LogP contribution < -0.4 is 0 Å². The van der Waals surface area contributed by atoms with E-state index in [1.54, 1.807) is 37.1 Å². The van der Waals surface area contributed by atoms with Crippen molar-refractivity contribution in [1.82, 2.24) is 4.90 Å². The van der Waals surface area contributed by atoms with Gasteiger partial charge < -0.3 is 10.0 Å². The van der Waals surface area contributed by atoms with Crippen LogP contribution in [0.15, 0.2) is 18.2 Å². The number of aryl methyl sites for hydroxylation is 1. The molecule has 0 bridgehead atoms. The van der Waals surface area contributed by atoms with Gasteiger partial charge in [0.15, 0.2) is 0 Å². The van der Waals surface area contributed by atoms with Gasteiger partial charge in [0.05, 0.1) is 0 Å². The topological polar surface area (TPSA) is 40.5 Å². The van der Waals surface area contributed by atoms with Gasteiger partial charge in [0.2, 0.25) is 0 Å². The van der Waals surface area contributed by atoms with Crippen molar-refractivity contribution in [1.29, 1.82) is 0 Å². The van der Waals surface area contributed by atoms with Crippen LogP contribution in [0.2, 0.25) is 0 Å². The van der Waals surface area contributed by atoms with E-state index >= 15 is 0 Å². The monoisotopic (exact) mass is 235 g/mol. The Hall–Kier alpha value is -1.51. The largest absolute Gasteiger partial charge is 0.508 e. The lowest BCUT2D eigenvalue weighted by Crippen LogP contribution is -2.34. The third-order valence-electron chi connectivity index (χ3n) is 2.50. The van der Waals surface area contributed by atoms with Crippen molar-refractivity contribution < 1.29 is 9.90 Å². The second-order valence-electron chi connectivity index (χ2n) is 5.72. The molecule has 94 valence electrons. The lowest BCUT2D eigenvalue weighted by Gasteiger charge is -2.26. The maximum atomic E-state index is 12.1. The molecule has 0 saturated carbocycles. The normalized spacial score (nSPS) is 11.4. The summed E-state index contributed by atoms with van der Waals surface area (Å²) < 4.78 is 0. The molecule has 0 fully saturated rings. The Morgan fingerprint density at radius 3 is 2.41 bits per heavy atom. The average molecular weight is 235 g/mol. The standard InChI is InChI=1S/C14H21NO2/c1-10-8-11(6-7-12(10)16)13(17)15(5)9-14(2,3)4/h6-8,16H,9H2,1-5H3. The molecule has 3 nitrogen and oxygen atoms in total. The number of phenolic OH excluding ortho intramolecular Hbond substituents is 1. The quantitative estimate of drug-likeness (QED) is 0.856. The van der Waals surface area contributed by atoms with Crippen LogP contribution in [0.1, 0.15) is 36.7 Å². The summed E-state index contributed by atoms with van der Waals surface area (Å²) in [6.07, 6.45) is 0. The Balaban J connectivity index is 2.85. The van der Waals surface area contributed by atoms with Gasteiger partial charge in [0.25, 0.3) is 5.91 Å². The van der Waals surface area contributed by atoms with Crippen molar-refractivity contribution in [2.24, 2.45) is 5.41 Å². The van der Waals surface area contributed by atoms with Gasteiger partial charge >= 0.3 is 0 Å². The molecule has 0 atom stereocenters. The van der Waals surface area contributed by atoms with Gasteiger partial charge in [-0.05, 0) is 36.1 Å². The van der Waals surface area contributed by atoms with E-state index in [1.165, 1.54) is 0 Å². The fraction of sp³-hybridized carbons (Fsp3) is 0.500. The predicted molar refractivity (Wildman–Crippen MR) is 69.3 cm³/mol. The highest BCUT2D eigenvalue weighted by molar-refractivity contribution is 5.94. The van der Waals surface area contributed by atoms with Gasteiger partial charge in [0, 0.05) is 19.2 Å². The number of benzene rings is 1. The zero-order valence-electron chi connectivity index (χ0n) is 11.2. The van der Waals surface area contributed by atoms with Crippen LogP contribution in [0, 0.1) is 12.3 Å². The highest BCUT2D eigenvalue weighted by Gasteiger charge is 2.19. The van der Waals surface area contributed by atoms with E-state index in [9.17, 15) is 9.90 Å². The van der Waals surface area contributed by atoms with Gasteiger partial charge in [-0.2, -0.15) is 0 Å². The number of phenols is 1. The highest BCUT2D eigenvalue weighted by Crippen LogP contribution is 2.20. The minimum atomic E-state index is -0.0111. The third kappa shape index (κ3) is 3.77. The lowest BCUT2D eigenvalue weighted by molar-refractivity contribution is 0.0745. The van der Waals surface area contributed by atoms with Crippen LogP contribution in [0.5, 0.6) is 5.75 Å². The van der Waals surface area contributed by atoms with Crippen molar-refractivity contribution in [3.8, 4) is 5.75 Å². The summed E-state index contributed by atoms with van der Waals surface area (Å²) in [5.41, 5.74) is 1.42. The van der Waals surface area contributed by atoms with Crippen molar-refractivity contribution >= 4 is 5.91 Å². The molecule has 3 heteroatoms. The van der Waals surface area contributed by atoms with Crippen LogP contribution in [-0.4, -0.2) is 29.5 Å². The molecule has 0 heterocycles. The van der Waals surface area contributed by atoms with E-state index in [2.05, 4.69) is 20.8 Å². The number of hydrogen-bond donors (Lipinski definition) is 1. The number of aromatic hydroxyl groups is 1. The second kappa shape index (κ2) is 4.78. The molecule has 0 aliphatic carbocycles. The van der Waals surface area contributed by atoms with Crippen LogP contribution in [0.3, 0.4) is 0 Å². The molecule has 0 saturated heterocycles. The van der Waals surface area contributed by atoms with Crippen molar-refractivity contribution in [3.63, 3.8) is 0 Å². The maximum absolute atomic E-state index is 12.1. The van der Waals surface area contributed by atoms with E-state index in [0.29, 0.717) is 12.1 Å². The van der Waals surface area contributed by atoms with Crippen LogP contribution in [-0.2, 0) is 0 Å². The van der Waals surface area contributed by atoms with Crippen LogP contribution >= 0.6 is 0 Å². The Morgan fingerprint density at radius 1 is 1.35 bits per heavy atom. The van der Waals surface area contributed by atoms with Crippen molar-refractivity contribution in [2.75, 3.05) is 13.6 Å². The van der Waals surface area contributed by atoms with Gasteiger partial charge in [-0.3, -0.25) is 4.79 Å². The van der Waals surface area contributed by atoms with E-state index in [-0.39, 0.29) is 17.1 Å². The predicted octanol–water partition coefficient (Wildman–Crippen LogP) is 2.82. The summed E-state index contributed by atoms with van der Waals surface area (Å²) in [5.74, 6) is 0.211. The molecule has 1 aromatic rings. The third-order valence-corrected chi connectivity index (χ3v) is 2.50. The Morgan fingerprint density at radius 2 is 1.94 bits per heavy atom. The molecule has 0 aliphatic rings. The number of carbonyl (C=O) groups is 1. The highest BCUT2D eigenvalue weighted by atomic mass is 16.3. The summed E-state index contributed by atoms with van der Waals surface area (Å²) in [7, 11) is 1.80. The van der Waals surface area contributed by atoms with E-state index < -0.39 is 0 Å². The lowest BCUT2D eigenvalue weighted by atomic mass is 9.96. The first-order valence-corrected chi connectivity index (χ1v) is 5.76. The maximum Gasteiger partial charge on any atom is 0.253 e. The summed E-state index contributed by atoms with van der Waals surface area (Å²) in [6.45, 7) is 8.78. The SMILES string of the molecule is Cc1cc(C(=O)N(C)CC(C)(C)C)ccc1O. The summed E-state index contributed by atoms with van der Waals surface area (Å²) in [4.78, 5) is 13.8. The first kappa shape index (κ1) is 13.6. The molecule has 1 rings (SSSR count). The van der Waals surface area contributed by atoms with Crippen LogP contribution in [0.25, 0.3) is 0 Å². The Labute approximate surface area is 103 Å². The molecular formula is C14H21NO2. The molecule has 0 unspecified atom stereocenters. The van der Waals surface area contributed by atoms with Gasteiger partial charge in [0.1, 0.15) is 5.75 Å². The average Bonchev–Trinajstić information content (AvgIpc) is 2.18. The Bertz CT molecular complexity index is 419. The smallest absolute Gasteiger partial charge is 0.253 e. The molecule has 0 spiro atoms.